The zero-order chi connectivity index (χ0) is 12.3. The zero-order valence-electron chi connectivity index (χ0n) is 10.0. The average Bonchev–Trinajstić information content (AvgIpc) is 2.39. The summed E-state index contributed by atoms with van der Waals surface area (Å²) in [5, 5.41) is 0. The van der Waals surface area contributed by atoms with E-state index >= 15 is 0 Å². The van der Waals surface area contributed by atoms with Crippen LogP contribution in [0.25, 0.3) is 4.85 Å². The Balaban J connectivity index is 2.47. The van der Waals surface area contributed by atoms with E-state index in [4.69, 9.17) is 6.57 Å². The van der Waals surface area contributed by atoms with Crippen LogP contribution in [-0.4, -0.2) is 7.05 Å². The lowest BCUT2D eigenvalue weighted by Gasteiger charge is -2.21. The van der Waals surface area contributed by atoms with E-state index in [2.05, 4.69) is 4.85 Å². The van der Waals surface area contributed by atoms with E-state index < -0.39 is 0 Å². The fraction of sp³-hybridized carbons (Fsp3) is 0.133. The molecule has 0 aliphatic carbocycles. The van der Waals surface area contributed by atoms with Crippen molar-refractivity contribution in [1.29, 1.82) is 0 Å². The Morgan fingerprint density at radius 3 is 2.41 bits per heavy atom. The van der Waals surface area contributed by atoms with Gasteiger partial charge in [-0.2, -0.15) is 0 Å². The summed E-state index contributed by atoms with van der Waals surface area (Å²) >= 11 is 0. The van der Waals surface area contributed by atoms with Gasteiger partial charge < -0.3 is 4.90 Å². The van der Waals surface area contributed by atoms with Crippen LogP contribution in [0.3, 0.4) is 0 Å². The minimum absolute atomic E-state index is 0.682. The molecule has 17 heavy (non-hydrogen) atoms. The highest BCUT2D eigenvalue weighted by Gasteiger charge is 2.08. The Bertz CT molecular complexity index is 553. The summed E-state index contributed by atoms with van der Waals surface area (Å²) in [6, 6.07) is 15.9. The summed E-state index contributed by atoms with van der Waals surface area (Å²) in [5.74, 6) is 0. The molecule has 0 fully saturated rings. The molecule has 0 N–H and O–H groups in total. The quantitative estimate of drug-likeness (QED) is 0.687. The summed E-state index contributed by atoms with van der Waals surface area (Å²) in [6.45, 7) is 9.25. The number of benzene rings is 2. The van der Waals surface area contributed by atoms with E-state index in [0.717, 1.165) is 16.9 Å². The number of hydrogen-bond acceptors (Lipinski definition) is 1. The maximum absolute atomic E-state index is 7.21. The smallest absolute Gasteiger partial charge is 0.210 e. The summed E-state index contributed by atoms with van der Waals surface area (Å²) in [6.07, 6.45) is 0. The molecule has 0 spiro atoms. The second-order valence-electron chi connectivity index (χ2n) is 4.00. The summed E-state index contributed by atoms with van der Waals surface area (Å²) in [4.78, 5) is 5.61. The van der Waals surface area contributed by atoms with Crippen LogP contribution < -0.4 is 4.90 Å². The van der Waals surface area contributed by atoms with Gasteiger partial charge >= 0.3 is 0 Å². The third-order valence-electron chi connectivity index (χ3n) is 2.76. The van der Waals surface area contributed by atoms with E-state index in [1.165, 1.54) is 0 Å². The van der Waals surface area contributed by atoms with Crippen LogP contribution in [0, 0.1) is 13.5 Å². The van der Waals surface area contributed by atoms with Gasteiger partial charge in [0.15, 0.2) is 0 Å². The van der Waals surface area contributed by atoms with Gasteiger partial charge in [0.1, 0.15) is 0 Å². The average molecular weight is 222 g/mol. The molecular formula is C15H14N2. The molecule has 2 heteroatoms. The summed E-state index contributed by atoms with van der Waals surface area (Å²) < 4.78 is 0. The van der Waals surface area contributed by atoms with E-state index in [-0.39, 0.29) is 0 Å². The molecule has 0 amide bonds. The van der Waals surface area contributed by atoms with Crippen molar-refractivity contribution in [2.24, 2.45) is 0 Å². The van der Waals surface area contributed by atoms with Crippen LogP contribution in [0.5, 0.6) is 0 Å². The largest absolute Gasteiger partial charge is 0.354 e. The predicted octanol–water partition coefficient (Wildman–Crippen LogP) is 4.31. The van der Waals surface area contributed by atoms with E-state index in [1.807, 2.05) is 67.4 Å². The van der Waals surface area contributed by atoms with Gasteiger partial charge in [0.2, 0.25) is 5.69 Å². The second kappa shape index (κ2) is 4.71. The van der Waals surface area contributed by atoms with Crippen molar-refractivity contribution in [1.82, 2.24) is 0 Å². The van der Waals surface area contributed by atoms with Gasteiger partial charge in [-0.05, 0) is 25.1 Å². The first-order chi connectivity index (χ1) is 8.22. The van der Waals surface area contributed by atoms with E-state index in [1.54, 1.807) is 0 Å². The van der Waals surface area contributed by atoms with Crippen molar-refractivity contribution in [2.75, 3.05) is 11.9 Å². The van der Waals surface area contributed by atoms with Gasteiger partial charge in [-0.25, -0.2) is 4.85 Å². The molecule has 0 aromatic heterocycles. The molecule has 0 radical (unpaired) electrons. The second-order valence-corrected chi connectivity index (χ2v) is 4.00. The molecule has 0 atom stereocenters. The molecule has 0 unspecified atom stereocenters. The zero-order valence-corrected chi connectivity index (χ0v) is 10.0. The third kappa shape index (κ3) is 2.29. The maximum atomic E-state index is 7.21. The highest BCUT2D eigenvalue weighted by molar-refractivity contribution is 5.77. The number of nitrogens with zero attached hydrogens (tertiary/aromatic N) is 2. The molecule has 2 nitrogen and oxygen atoms in total. The standard InChI is InChI=1S/C15H14N2/c1-12-9-10-14(16-2)15(11-12)17(3)13-7-5-4-6-8-13/h4-11H,1,3H3. The molecule has 84 valence electrons. The van der Waals surface area contributed by atoms with Crippen molar-refractivity contribution < 1.29 is 0 Å². The maximum Gasteiger partial charge on any atom is 0.210 e. The lowest BCUT2D eigenvalue weighted by atomic mass is 10.1. The van der Waals surface area contributed by atoms with Gasteiger partial charge in [-0.1, -0.05) is 35.9 Å². The van der Waals surface area contributed by atoms with Crippen LogP contribution in [-0.2, 0) is 0 Å². The minimum atomic E-state index is 0.682. The molecule has 0 bridgehead atoms. The molecule has 0 aliphatic heterocycles. The monoisotopic (exact) mass is 222 g/mol. The van der Waals surface area contributed by atoms with Crippen molar-refractivity contribution in [3.8, 4) is 0 Å². The number of aryl methyl sites for hydroxylation is 1. The fourth-order valence-corrected chi connectivity index (χ4v) is 1.79. The predicted molar refractivity (Wildman–Crippen MR) is 71.9 cm³/mol. The Kier molecular flexibility index (Phi) is 3.11. The van der Waals surface area contributed by atoms with Gasteiger partial charge in [0, 0.05) is 18.4 Å². The first kappa shape index (κ1) is 11.2. The van der Waals surface area contributed by atoms with Crippen LogP contribution in [0.1, 0.15) is 5.56 Å². The van der Waals surface area contributed by atoms with Crippen molar-refractivity contribution in [2.45, 2.75) is 6.92 Å². The minimum Gasteiger partial charge on any atom is -0.354 e. The molecule has 0 saturated heterocycles. The molecule has 0 aliphatic rings. The van der Waals surface area contributed by atoms with Crippen LogP contribution >= 0.6 is 0 Å². The van der Waals surface area contributed by atoms with Crippen LogP contribution in [0.2, 0.25) is 0 Å². The first-order valence-electron chi connectivity index (χ1n) is 5.49. The normalized spacial score (nSPS) is 9.71. The first-order valence-corrected chi connectivity index (χ1v) is 5.49. The number of para-hydroxylation sites is 1. The van der Waals surface area contributed by atoms with Gasteiger partial charge in [-0.3, -0.25) is 0 Å². The summed E-state index contributed by atoms with van der Waals surface area (Å²) in [5.41, 5.74) is 3.88. The number of hydrogen-bond donors (Lipinski definition) is 0. The molecule has 2 aromatic carbocycles. The van der Waals surface area contributed by atoms with Gasteiger partial charge in [0.25, 0.3) is 0 Å². The Morgan fingerprint density at radius 1 is 1.06 bits per heavy atom. The Labute approximate surface area is 102 Å². The van der Waals surface area contributed by atoms with Crippen molar-refractivity contribution in [3.05, 3.63) is 65.5 Å². The highest BCUT2D eigenvalue weighted by Crippen LogP contribution is 2.33. The molecule has 2 aromatic rings. The molecule has 0 heterocycles. The van der Waals surface area contributed by atoms with E-state index in [0.29, 0.717) is 5.69 Å². The molecular weight excluding hydrogens is 208 g/mol. The molecule has 2 rings (SSSR count). The van der Waals surface area contributed by atoms with Gasteiger partial charge in [0.05, 0.1) is 6.57 Å². The van der Waals surface area contributed by atoms with E-state index in [9.17, 15) is 0 Å². The van der Waals surface area contributed by atoms with Crippen LogP contribution in [0.4, 0.5) is 17.1 Å². The topological polar surface area (TPSA) is 7.60 Å². The molecule has 0 saturated carbocycles. The van der Waals surface area contributed by atoms with Gasteiger partial charge in [-0.15, -0.1) is 0 Å². The number of anilines is 2. The lowest BCUT2D eigenvalue weighted by molar-refractivity contribution is 1.21. The lowest BCUT2D eigenvalue weighted by Crippen LogP contribution is -2.09. The summed E-state index contributed by atoms with van der Waals surface area (Å²) in [7, 11) is 1.98. The fourth-order valence-electron chi connectivity index (χ4n) is 1.79. The van der Waals surface area contributed by atoms with Crippen LogP contribution in [0.15, 0.2) is 48.5 Å². The van der Waals surface area contributed by atoms with Crippen molar-refractivity contribution >= 4 is 17.1 Å². The highest BCUT2D eigenvalue weighted by atomic mass is 15.1. The van der Waals surface area contributed by atoms with Crippen molar-refractivity contribution in [3.63, 3.8) is 0 Å². The Hall–Kier alpha value is -2.27. The SMILES string of the molecule is [C-]#[N+]c1ccc(C)cc1N(C)c1ccccc1. The Morgan fingerprint density at radius 2 is 1.76 bits per heavy atom. The third-order valence-corrected chi connectivity index (χ3v) is 2.76. The number of rotatable bonds is 2.